The number of amides is 1. The number of nitrogens with zero attached hydrogens (tertiary/aromatic N) is 2. The molecular weight excluding hydrogens is 445 g/mol. The van der Waals surface area contributed by atoms with Crippen molar-refractivity contribution in [1.29, 1.82) is 0 Å². The SMILES string of the molecule is COC(=O)c1cnc(C(=O)OC(C(=O)Nc2cc(Cl)cc(Cl)c2)c2ccccc2)cn1. The maximum atomic E-state index is 12.9. The summed E-state index contributed by atoms with van der Waals surface area (Å²) < 4.78 is 9.94. The molecule has 0 aliphatic carbocycles. The molecule has 1 unspecified atom stereocenters. The van der Waals surface area contributed by atoms with Crippen molar-refractivity contribution in [2.75, 3.05) is 12.4 Å². The summed E-state index contributed by atoms with van der Waals surface area (Å²) in [5, 5.41) is 3.29. The Morgan fingerprint density at radius 1 is 0.903 bits per heavy atom. The number of anilines is 1. The molecule has 0 radical (unpaired) electrons. The van der Waals surface area contributed by atoms with Crippen LogP contribution in [0.15, 0.2) is 60.9 Å². The lowest BCUT2D eigenvalue weighted by molar-refractivity contribution is -0.125. The highest BCUT2D eigenvalue weighted by atomic mass is 35.5. The van der Waals surface area contributed by atoms with Crippen molar-refractivity contribution in [1.82, 2.24) is 9.97 Å². The number of nitrogens with one attached hydrogen (secondary N) is 1. The van der Waals surface area contributed by atoms with Gasteiger partial charge in [-0.3, -0.25) is 4.79 Å². The monoisotopic (exact) mass is 459 g/mol. The number of carbonyl (C=O) groups excluding carboxylic acids is 3. The van der Waals surface area contributed by atoms with E-state index in [-0.39, 0.29) is 11.4 Å². The summed E-state index contributed by atoms with van der Waals surface area (Å²) in [5.41, 5.74) is 0.503. The van der Waals surface area contributed by atoms with E-state index in [1.807, 2.05) is 0 Å². The van der Waals surface area contributed by atoms with Gasteiger partial charge in [0.15, 0.2) is 11.4 Å². The molecule has 1 heterocycles. The Morgan fingerprint density at radius 2 is 1.48 bits per heavy atom. The van der Waals surface area contributed by atoms with Gasteiger partial charge in [0.1, 0.15) is 0 Å². The first-order chi connectivity index (χ1) is 14.9. The second kappa shape index (κ2) is 10.0. The number of hydrogen-bond acceptors (Lipinski definition) is 7. The van der Waals surface area contributed by atoms with Crippen LogP contribution in [0.25, 0.3) is 0 Å². The van der Waals surface area contributed by atoms with Crippen LogP contribution in [0.3, 0.4) is 0 Å². The first kappa shape index (κ1) is 22.2. The van der Waals surface area contributed by atoms with Crippen LogP contribution in [0.4, 0.5) is 5.69 Å². The molecule has 1 aromatic heterocycles. The van der Waals surface area contributed by atoms with Crippen molar-refractivity contribution in [3.63, 3.8) is 0 Å². The smallest absolute Gasteiger partial charge is 0.359 e. The topological polar surface area (TPSA) is 107 Å². The quantitative estimate of drug-likeness (QED) is 0.552. The third-order valence-electron chi connectivity index (χ3n) is 3.95. The predicted octanol–water partition coefficient (Wildman–Crippen LogP) is 4.11. The van der Waals surface area contributed by atoms with Crippen LogP contribution in [0, 0.1) is 0 Å². The van der Waals surface area contributed by atoms with Gasteiger partial charge in [0, 0.05) is 21.3 Å². The first-order valence-corrected chi connectivity index (χ1v) is 9.56. The van der Waals surface area contributed by atoms with E-state index in [1.54, 1.807) is 30.3 Å². The average Bonchev–Trinajstić information content (AvgIpc) is 2.76. The van der Waals surface area contributed by atoms with Crippen LogP contribution < -0.4 is 5.32 Å². The van der Waals surface area contributed by atoms with Crippen LogP contribution in [-0.2, 0) is 14.3 Å². The van der Waals surface area contributed by atoms with Crippen LogP contribution in [0.2, 0.25) is 10.0 Å². The summed E-state index contributed by atoms with van der Waals surface area (Å²) in [6.07, 6.45) is 0.841. The zero-order chi connectivity index (χ0) is 22.4. The summed E-state index contributed by atoms with van der Waals surface area (Å²) in [5.74, 6) is -2.23. The molecule has 10 heteroatoms. The lowest BCUT2D eigenvalue weighted by Gasteiger charge is -2.18. The minimum Gasteiger partial charge on any atom is -0.464 e. The fourth-order valence-electron chi connectivity index (χ4n) is 2.55. The van der Waals surface area contributed by atoms with E-state index in [1.165, 1.54) is 25.3 Å². The summed E-state index contributed by atoms with van der Waals surface area (Å²) in [7, 11) is 1.20. The summed E-state index contributed by atoms with van der Waals surface area (Å²) in [6, 6.07) is 13.0. The van der Waals surface area contributed by atoms with Gasteiger partial charge in [-0.2, -0.15) is 0 Å². The van der Waals surface area contributed by atoms with Crippen molar-refractivity contribution in [3.8, 4) is 0 Å². The number of methoxy groups -OCH3 is 1. The molecule has 0 spiro atoms. The number of rotatable bonds is 6. The Hall–Kier alpha value is -3.49. The van der Waals surface area contributed by atoms with E-state index in [9.17, 15) is 14.4 Å². The predicted molar refractivity (Wildman–Crippen MR) is 113 cm³/mol. The highest BCUT2D eigenvalue weighted by Crippen LogP contribution is 2.25. The van der Waals surface area contributed by atoms with Crippen LogP contribution in [0.1, 0.15) is 32.6 Å². The molecule has 0 saturated carbocycles. The third kappa shape index (κ3) is 5.78. The van der Waals surface area contributed by atoms with E-state index < -0.39 is 23.9 Å². The minimum atomic E-state index is -1.30. The molecule has 1 N–H and O–H groups in total. The zero-order valence-electron chi connectivity index (χ0n) is 16.0. The average molecular weight is 460 g/mol. The van der Waals surface area contributed by atoms with E-state index >= 15 is 0 Å². The van der Waals surface area contributed by atoms with E-state index in [4.69, 9.17) is 27.9 Å². The van der Waals surface area contributed by atoms with E-state index in [2.05, 4.69) is 20.0 Å². The number of esters is 2. The van der Waals surface area contributed by atoms with Crippen LogP contribution >= 0.6 is 23.2 Å². The molecule has 1 amide bonds. The molecule has 8 nitrogen and oxygen atoms in total. The molecule has 0 fully saturated rings. The normalized spacial score (nSPS) is 11.3. The fraction of sp³-hybridized carbons (Fsp3) is 0.0952. The Labute approximate surface area is 187 Å². The van der Waals surface area contributed by atoms with Gasteiger partial charge in [0.05, 0.1) is 19.5 Å². The van der Waals surface area contributed by atoms with Crippen molar-refractivity contribution in [3.05, 3.63) is 87.9 Å². The van der Waals surface area contributed by atoms with Gasteiger partial charge in [-0.05, 0) is 18.2 Å². The van der Waals surface area contributed by atoms with Crippen LogP contribution in [-0.4, -0.2) is 34.9 Å². The number of aromatic nitrogens is 2. The third-order valence-corrected chi connectivity index (χ3v) is 4.39. The lowest BCUT2D eigenvalue weighted by atomic mass is 10.1. The van der Waals surface area contributed by atoms with Crippen molar-refractivity contribution in [2.24, 2.45) is 0 Å². The van der Waals surface area contributed by atoms with Gasteiger partial charge >= 0.3 is 11.9 Å². The molecule has 0 aliphatic heterocycles. The first-order valence-electron chi connectivity index (χ1n) is 8.80. The Bertz CT molecular complexity index is 1090. The lowest BCUT2D eigenvalue weighted by Crippen LogP contribution is -2.26. The Kier molecular flexibility index (Phi) is 7.17. The molecule has 0 saturated heterocycles. The molecule has 158 valence electrons. The van der Waals surface area contributed by atoms with E-state index in [0.717, 1.165) is 12.4 Å². The molecule has 2 aromatic carbocycles. The van der Waals surface area contributed by atoms with Crippen LogP contribution in [0.5, 0.6) is 0 Å². The number of ether oxygens (including phenoxy) is 2. The zero-order valence-corrected chi connectivity index (χ0v) is 17.6. The van der Waals surface area contributed by atoms with Crippen molar-refractivity contribution in [2.45, 2.75) is 6.10 Å². The van der Waals surface area contributed by atoms with Gasteiger partial charge in [-0.15, -0.1) is 0 Å². The number of hydrogen-bond donors (Lipinski definition) is 1. The Balaban J connectivity index is 1.83. The Morgan fingerprint density at radius 3 is 2.03 bits per heavy atom. The van der Waals surface area contributed by atoms with Gasteiger partial charge in [-0.25, -0.2) is 19.6 Å². The fourth-order valence-corrected chi connectivity index (χ4v) is 3.07. The molecule has 1 atom stereocenters. The molecule has 3 rings (SSSR count). The second-order valence-electron chi connectivity index (χ2n) is 6.12. The molecular formula is C21H15Cl2N3O5. The maximum absolute atomic E-state index is 12.9. The molecule has 0 aliphatic rings. The molecule has 3 aromatic rings. The van der Waals surface area contributed by atoms with Crippen molar-refractivity contribution >= 4 is 46.7 Å². The minimum absolute atomic E-state index is 0.0748. The van der Waals surface area contributed by atoms with Gasteiger partial charge in [-0.1, -0.05) is 53.5 Å². The van der Waals surface area contributed by atoms with Gasteiger partial charge in [0.2, 0.25) is 6.10 Å². The highest BCUT2D eigenvalue weighted by Gasteiger charge is 2.27. The second-order valence-corrected chi connectivity index (χ2v) is 6.99. The number of carbonyl (C=O) groups is 3. The highest BCUT2D eigenvalue weighted by molar-refractivity contribution is 6.35. The van der Waals surface area contributed by atoms with Crippen molar-refractivity contribution < 1.29 is 23.9 Å². The van der Waals surface area contributed by atoms with Gasteiger partial charge < -0.3 is 14.8 Å². The molecule has 31 heavy (non-hydrogen) atoms. The summed E-state index contributed by atoms with van der Waals surface area (Å²) in [6.45, 7) is 0. The number of halogens is 2. The maximum Gasteiger partial charge on any atom is 0.359 e. The summed E-state index contributed by atoms with van der Waals surface area (Å²) >= 11 is 11.9. The van der Waals surface area contributed by atoms with Gasteiger partial charge in [0.25, 0.3) is 5.91 Å². The summed E-state index contributed by atoms with van der Waals surface area (Å²) in [4.78, 5) is 44.6. The van der Waals surface area contributed by atoms with E-state index in [0.29, 0.717) is 21.3 Å². The molecule has 0 bridgehead atoms. The number of benzene rings is 2. The standard InChI is InChI=1S/C21H15Cl2N3O5/c1-30-20(28)16-10-25-17(11-24-16)21(29)31-18(12-5-3-2-4-6-12)19(27)26-15-8-13(22)7-14(23)9-15/h2-11,18H,1H3,(H,26,27). The largest absolute Gasteiger partial charge is 0.464 e.